The Morgan fingerprint density at radius 1 is 0.407 bits per heavy atom. The van der Waals surface area contributed by atoms with Crippen LogP contribution in [0.15, 0.2) is 36.5 Å². The van der Waals surface area contributed by atoms with E-state index < -0.39 is 49.5 Å². The topological polar surface area (TPSA) is 149 Å². The van der Waals surface area contributed by atoms with Gasteiger partial charge in [-0.1, -0.05) is 346 Å². The average molecular weight is 1140 g/mol. The van der Waals surface area contributed by atoms with E-state index in [-0.39, 0.29) is 12.5 Å². The van der Waals surface area contributed by atoms with Crippen LogP contribution < -0.4 is 5.32 Å². The maximum Gasteiger partial charge on any atom is 0.220 e. The lowest BCUT2D eigenvalue weighted by molar-refractivity contribution is -0.302. The molecular weight excluding hydrogens is 1010 g/mol. The van der Waals surface area contributed by atoms with Crippen molar-refractivity contribution in [3.05, 3.63) is 36.5 Å². The van der Waals surface area contributed by atoms with Crippen molar-refractivity contribution in [1.82, 2.24) is 5.32 Å². The number of amides is 1. The van der Waals surface area contributed by atoms with Gasteiger partial charge >= 0.3 is 0 Å². The number of aliphatic hydroxyl groups excluding tert-OH is 5. The van der Waals surface area contributed by atoms with Crippen LogP contribution in [0.1, 0.15) is 361 Å². The van der Waals surface area contributed by atoms with Crippen LogP contribution in [-0.2, 0) is 14.3 Å². The van der Waals surface area contributed by atoms with Crippen LogP contribution in [0.4, 0.5) is 0 Å². The lowest BCUT2D eigenvalue weighted by Crippen LogP contribution is -2.60. The van der Waals surface area contributed by atoms with Crippen molar-refractivity contribution in [3.63, 3.8) is 0 Å². The molecule has 1 saturated heterocycles. The number of carbonyl (C=O) groups excluding carboxylic acids is 1. The van der Waals surface area contributed by atoms with E-state index in [4.69, 9.17) is 9.47 Å². The minimum Gasteiger partial charge on any atom is -0.394 e. The first-order valence-electron chi connectivity index (χ1n) is 35.7. The number of hydrogen-bond acceptors (Lipinski definition) is 8. The Kier molecular flexibility index (Phi) is 58.8. The van der Waals surface area contributed by atoms with Gasteiger partial charge in [0.2, 0.25) is 5.91 Å². The summed E-state index contributed by atoms with van der Waals surface area (Å²) in [6, 6.07) is -0.827. The van der Waals surface area contributed by atoms with Crippen LogP contribution in [0.2, 0.25) is 0 Å². The average Bonchev–Trinajstić information content (AvgIpc) is 3.51. The number of allylic oxidation sites excluding steroid dienone is 5. The minimum absolute atomic E-state index is 0.184. The zero-order chi connectivity index (χ0) is 58.6. The van der Waals surface area contributed by atoms with E-state index in [1.54, 1.807) is 6.08 Å². The summed E-state index contributed by atoms with van der Waals surface area (Å²) in [6.07, 6.45) is 75.7. The molecule has 7 unspecified atom stereocenters. The maximum absolute atomic E-state index is 13.1. The molecule has 1 amide bonds. The van der Waals surface area contributed by atoms with Crippen molar-refractivity contribution < 1.29 is 39.8 Å². The third-order valence-electron chi connectivity index (χ3n) is 17.2. The Morgan fingerprint density at radius 3 is 1.04 bits per heavy atom. The molecule has 6 N–H and O–H groups in total. The third kappa shape index (κ3) is 50.3. The molecule has 0 aromatic carbocycles. The second-order valence-corrected chi connectivity index (χ2v) is 25.0. The summed E-state index contributed by atoms with van der Waals surface area (Å²) in [5, 5.41) is 54.6. The number of hydrogen-bond donors (Lipinski definition) is 6. The van der Waals surface area contributed by atoms with Crippen LogP contribution in [-0.4, -0.2) is 87.5 Å². The molecular formula is C72H137NO8. The third-order valence-corrected chi connectivity index (χ3v) is 17.2. The van der Waals surface area contributed by atoms with Crippen LogP contribution in [0, 0.1) is 0 Å². The highest BCUT2D eigenvalue weighted by molar-refractivity contribution is 5.76. The molecule has 7 atom stereocenters. The highest BCUT2D eigenvalue weighted by Gasteiger charge is 2.44. The van der Waals surface area contributed by atoms with Crippen LogP contribution in [0.3, 0.4) is 0 Å². The molecule has 1 aliphatic heterocycles. The Labute approximate surface area is 501 Å². The maximum atomic E-state index is 13.1. The predicted octanol–water partition coefficient (Wildman–Crippen LogP) is 19.4. The molecule has 1 heterocycles. The molecule has 81 heavy (non-hydrogen) atoms. The van der Waals surface area contributed by atoms with Gasteiger partial charge in [-0.05, 0) is 44.9 Å². The number of ether oxygens (including phenoxy) is 2. The molecule has 0 aromatic rings. The second kappa shape index (κ2) is 61.5. The fraction of sp³-hybridized carbons (Fsp3) is 0.903. The zero-order valence-corrected chi connectivity index (χ0v) is 53.6. The van der Waals surface area contributed by atoms with Gasteiger partial charge in [0.05, 0.1) is 25.4 Å². The fourth-order valence-electron chi connectivity index (χ4n) is 11.6. The van der Waals surface area contributed by atoms with Crippen molar-refractivity contribution in [2.45, 2.75) is 403 Å². The quantitative estimate of drug-likeness (QED) is 0.0261. The van der Waals surface area contributed by atoms with Crippen LogP contribution >= 0.6 is 0 Å². The molecule has 0 aromatic heterocycles. The van der Waals surface area contributed by atoms with E-state index in [0.717, 1.165) is 44.9 Å². The van der Waals surface area contributed by atoms with Crippen molar-refractivity contribution in [2.24, 2.45) is 0 Å². The predicted molar refractivity (Wildman–Crippen MR) is 346 cm³/mol. The van der Waals surface area contributed by atoms with Gasteiger partial charge in [0.15, 0.2) is 6.29 Å². The summed E-state index contributed by atoms with van der Waals surface area (Å²) in [5.74, 6) is -0.184. The fourth-order valence-corrected chi connectivity index (χ4v) is 11.6. The zero-order valence-electron chi connectivity index (χ0n) is 53.6. The minimum atomic E-state index is -1.57. The van der Waals surface area contributed by atoms with Gasteiger partial charge in [-0.15, -0.1) is 0 Å². The number of rotatable bonds is 63. The molecule has 0 saturated carbocycles. The van der Waals surface area contributed by atoms with E-state index in [1.807, 2.05) is 6.08 Å². The smallest absolute Gasteiger partial charge is 0.220 e. The second-order valence-electron chi connectivity index (χ2n) is 25.0. The standard InChI is InChI=1S/C72H137NO8/c1-3-5-7-9-11-13-15-17-19-21-23-24-25-26-27-28-29-30-31-32-33-34-35-36-37-38-39-40-41-42-44-46-48-50-52-54-56-58-60-62-68(76)73-65(64-80-72-71(79)70(78)69(77)67(63-74)81-72)66(75)61-59-57-55-53-51-49-47-45-43-22-20-18-16-14-12-10-8-6-4-2/h43,45,51,53,59,61,65-67,69-72,74-75,77-79H,3-42,44,46-50,52,54-58,60,62-64H2,1-2H3,(H,73,76)/b45-43+,53-51+,61-59+. The van der Waals surface area contributed by atoms with Gasteiger partial charge in [-0.2, -0.15) is 0 Å². The summed E-state index contributed by atoms with van der Waals surface area (Å²) in [4.78, 5) is 13.1. The molecule has 1 rings (SSSR count). The van der Waals surface area contributed by atoms with E-state index in [2.05, 4.69) is 43.5 Å². The Balaban J connectivity index is 2.06. The molecule has 0 aliphatic carbocycles. The summed E-state index contributed by atoms with van der Waals surface area (Å²) in [6.45, 7) is 3.80. The van der Waals surface area contributed by atoms with E-state index in [1.165, 1.54) is 295 Å². The lowest BCUT2D eigenvalue weighted by atomic mass is 9.99. The van der Waals surface area contributed by atoms with Gasteiger partial charge in [-0.3, -0.25) is 4.79 Å². The number of aliphatic hydroxyl groups is 5. The van der Waals surface area contributed by atoms with E-state index in [0.29, 0.717) is 6.42 Å². The normalized spacial score (nSPS) is 18.5. The molecule has 9 heteroatoms. The first-order chi connectivity index (χ1) is 39.8. The molecule has 0 bridgehead atoms. The van der Waals surface area contributed by atoms with Gasteiger partial charge < -0.3 is 40.3 Å². The SMILES string of the molecule is CCCCCCCCCCC/C=C/CC/C=C/CC/C=C/C(O)C(COC1OC(CO)C(O)C(O)C1O)NC(=O)CCCCCCCCCCCCCCCCCCCCCCCCCCCCCCCCCCCCCCCCC. The summed E-state index contributed by atoms with van der Waals surface area (Å²) >= 11 is 0. The molecule has 1 fully saturated rings. The number of unbranched alkanes of at least 4 members (excludes halogenated alkanes) is 49. The number of nitrogens with one attached hydrogen (secondary N) is 1. The monoisotopic (exact) mass is 1140 g/mol. The Morgan fingerprint density at radius 2 is 0.704 bits per heavy atom. The van der Waals surface area contributed by atoms with Crippen molar-refractivity contribution in [2.75, 3.05) is 13.2 Å². The van der Waals surface area contributed by atoms with Crippen LogP contribution in [0.5, 0.6) is 0 Å². The first-order valence-corrected chi connectivity index (χ1v) is 35.7. The highest BCUT2D eigenvalue weighted by atomic mass is 16.7. The van der Waals surface area contributed by atoms with Gasteiger partial charge in [0, 0.05) is 6.42 Å². The first kappa shape index (κ1) is 77.4. The number of carbonyl (C=O) groups is 1. The van der Waals surface area contributed by atoms with Gasteiger partial charge in [0.1, 0.15) is 24.4 Å². The molecule has 9 nitrogen and oxygen atoms in total. The largest absolute Gasteiger partial charge is 0.394 e. The summed E-state index contributed by atoms with van der Waals surface area (Å²) in [5.41, 5.74) is 0. The summed E-state index contributed by atoms with van der Waals surface area (Å²) < 4.78 is 11.3. The Bertz CT molecular complexity index is 1370. The molecule has 1 aliphatic rings. The highest BCUT2D eigenvalue weighted by Crippen LogP contribution is 2.23. The Hall–Kier alpha value is -1.59. The van der Waals surface area contributed by atoms with Crippen LogP contribution in [0.25, 0.3) is 0 Å². The van der Waals surface area contributed by atoms with E-state index >= 15 is 0 Å². The lowest BCUT2D eigenvalue weighted by Gasteiger charge is -2.40. The molecule has 0 radical (unpaired) electrons. The summed E-state index contributed by atoms with van der Waals surface area (Å²) in [7, 11) is 0. The van der Waals surface area contributed by atoms with Gasteiger partial charge in [-0.25, -0.2) is 0 Å². The van der Waals surface area contributed by atoms with E-state index in [9.17, 15) is 30.3 Å². The van der Waals surface area contributed by atoms with Crippen molar-refractivity contribution in [1.29, 1.82) is 0 Å². The van der Waals surface area contributed by atoms with Crippen molar-refractivity contribution >= 4 is 5.91 Å². The molecule has 478 valence electrons. The molecule has 0 spiro atoms. The van der Waals surface area contributed by atoms with Gasteiger partial charge in [0.25, 0.3) is 0 Å². The van der Waals surface area contributed by atoms with Crippen molar-refractivity contribution in [3.8, 4) is 0 Å².